The fourth-order valence-corrected chi connectivity index (χ4v) is 6.36. The van der Waals surface area contributed by atoms with Crippen LogP contribution in [-0.2, 0) is 48.0 Å². The number of aliphatic hydroxyl groups excluding tert-OH is 1. The highest BCUT2D eigenvalue weighted by Crippen LogP contribution is 2.22. The zero-order valence-corrected chi connectivity index (χ0v) is 32.6. The first kappa shape index (κ1) is 45.2. The van der Waals surface area contributed by atoms with E-state index in [4.69, 9.17) is 10.5 Å². The SMILES string of the molecule is C[C@@H]1NC(=O)[C@H]([C@@H](C)O)NC(=O)[C@@H]2C[C@H](NC(=O)[C@@H](N)Cc3cnc[nH]3)CN2C(=O)[C@H](Cc2ccccc2)NC(=O)COc2ccc(cc2)CCNC1=O.Cl.Cl. The molecule has 0 saturated carbocycles. The van der Waals surface area contributed by atoms with Crippen molar-refractivity contribution in [2.45, 2.75) is 81.9 Å². The number of nitrogens with zero attached hydrogens (tertiary/aromatic N) is 2. The van der Waals surface area contributed by atoms with Gasteiger partial charge in [-0.05, 0) is 49.9 Å². The van der Waals surface area contributed by atoms with Gasteiger partial charge in [0.2, 0.25) is 29.5 Å². The van der Waals surface area contributed by atoms with Crippen molar-refractivity contribution >= 4 is 60.3 Å². The summed E-state index contributed by atoms with van der Waals surface area (Å²) < 4.78 is 5.72. The lowest BCUT2D eigenvalue weighted by atomic mass is 10.0. The summed E-state index contributed by atoms with van der Waals surface area (Å²) in [6, 6.07) is 9.30. The van der Waals surface area contributed by atoms with Gasteiger partial charge >= 0.3 is 0 Å². The number of imidazole rings is 1. The van der Waals surface area contributed by atoms with Gasteiger partial charge in [-0.1, -0.05) is 42.5 Å². The van der Waals surface area contributed by atoms with Crippen molar-refractivity contribution < 1.29 is 38.6 Å². The van der Waals surface area contributed by atoms with E-state index >= 15 is 0 Å². The molecule has 1 saturated heterocycles. The fraction of sp³-hybridized carbons (Fsp3) is 0.432. The topological polar surface area (TPSA) is 250 Å². The summed E-state index contributed by atoms with van der Waals surface area (Å²) in [6.07, 6.45) is 2.23. The van der Waals surface area contributed by atoms with E-state index in [9.17, 15) is 33.9 Å². The quantitative estimate of drug-likeness (QED) is 0.136. The van der Waals surface area contributed by atoms with Crippen LogP contribution in [0.25, 0.3) is 0 Å². The smallest absolute Gasteiger partial charge is 0.258 e. The van der Waals surface area contributed by atoms with E-state index in [-0.39, 0.29) is 57.2 Å². The molecule has 3 aliphatic heterocycles. The number of aromatic amines is 1. The van der Waals surface area contributed by atoms with Crippen LogP contribution in [0.5, 0.6) is 5.75 Å². The standard InChI is InChI=1S/C37H47N9O8.2ClH/c1-21-33(49)40-13-12-23-8-10-27(11-9-23)54-19-31(48)44-29(14-24-6-4-3-5-7-24)37(53)46-18-26(43-34(50)28(38)15-25-17-39-20-41-25)16-30(46)35(51)45-32(22(2)47)36(52)42-21;;/h3-11,17,20-22,26,28-30,32,47H,12-16,18-19,38H2,1-2H3,(H,39,41)(H,40,49)(H,42,52)(H,43,50)(H,44,48)(H,45,51);2*1H/t21-,22+,26-,28-,29-,30-,32-;;/m0../s1. The molecule has 0 spiro atoms. The first-order chi connectivity index (χ1) is 25.9. The fourth-order valence-electron chi connectivity index (χ4n) is 6.36. The molecule has 7 atom stereocenters. The molecule has 56 heavy (non-hydrogen) atoms. The van der Waals surface area contributed by atoms with Crippen LogP contribution in [-0.4, -0.2) is 117 Å². The predicted molar refractivity (Wildman–Crippen MR) is 209 cm³/mol. The van der Waals surface area contributed by atoms with E-state index in [1.54, 1.807) is 54.7 Å². The number of halogens is 2. The van der Waals surface area contributed by atoms with Crippen LogP contribution >= 0.6 is 24.8 Å². The van der Waals surface area contributed by atoms with Crippen LogP contribution in [0.2, 0.25) is 0 Å². The van der Waals surface area contributed by atoms with Gasteiger partial charge < -0.3 is 52.0 Å². The Bertz CT molecular complexity index is 1780. The minimum Gasteiger partial charge on any atom is -0.484 e. The number of benzene rings is 2. The van der Waals surface area contributed by atoms with E-state index in [0.717, 1.165) is 11.1 Å². The molecule has 0 unspecified atom stereocenters. The number of hydrogen-bond donors (Lipinski definition) is 8. The Labute approximate surface area is 336 Å². The van der Waals surface area contributed by atoms with Gasteiger partial charge in [-0.25, -0.2) is 4.98 Å². The van der Waals surface area contributed by atoms with Gasteiger partial charge in [0, 0.05) is 43.9 Å². The van der Waals surface area contributed by atoms with Crippen molar-refractivity contribution in [3.8, 4) is 5.75 Å². The average Bonchev–Trinajstić information content (AvgIpc) is 3.83. The first-order valence-electron chi connectivity index (χ1n) is 17.8. The van der Waals surface area contributed by atoms with Crippen molar-refractivity contribution in [2.24, 2.45) is 5.73 Å². The number of carbonyl (C=O) groups excluding carboxylic acids is 6. The number of ether oxygens (including phenoxy) is 1. The second-order valence-corrected chi connectivity index (χ2v) is 13.6. The summed E-state index contributed by atoms with van der Waals surface area (Å²) in [6.45, 7) is 2.50. The monoisotopic (exact) mass is 817 g/mol. The van der Waals surface area contributed by atoms with Crippen molar-refractivity contribution in [2.75, 3.05) is 19.7 Å². The number of nitrogens with two attached hydrogens (primary N) is 1. The minimum atomic E-state index is -1.51. The van der Waals surface area contributed by atoms with E-state index < -0.39 is 84.4 Å². The molecule has 304 valence electrons. The van der Waals surface area contributed by atoms with Crippen LogP contribution in [0, 0.1) is 0 Å². The molecule has 0 radical (unpaired) electrons. The molecule has 2 bridgehead atoms. The summed E-state index contributed by atoms with van der Waals surface area (Å²) in [5, 5.41) is 24.0. The zero-order valence-electron chi connectivity index (χ0n) is 30.9. The number of nitrogens with one attached hydrogen (secondary N) is 6. The van der Waals surface area contributed by atoms with Crippen LogP contribution in [0.4, 0.5) is 0 Å². The number of aliphatic hydroxyl groups is 1. The van der Waals surface area contributed by atoms with E-state index in [1.165, 1.54) is 25.1 Å². The minimum absolute atomic E-state index is 0. The number of fused-ring (bicyclic) bond motifs is 16. The Morgan fingerprint density at radius 1 is 1.00 bits per heavy atom. The highest BCUT2D eigenvalue weighted by atomic mass is 35.5. The highest BCUT2D eigenvalue weighted by Gasteiger charge is 2.44. The van der Waals surface area contributed by atoms with E-state index in [2.05, 4.69) is 36.6 Å². The average molecular weight is 819 g/mol. The summed E-state index contributed by atoms with van der Waals surface area (Å²) in [5.74, 6) is -3.42. The van der Waals surface area contributed by atoms with Crippen molar-refractivity contribution in [3.63, 3.8) is 0 Å². The summed E-state index contributed by atoms with van der Waals surface area (Å²) >= 11 is 0. The number of carbonyl (C=O) groups is 6. The second-order valence-electron chi connectivity index (χ2n) is 13.6. The van der Waals surface area contributed by atoms with E-state index in [0.29, 0.717) is 17.9 Å². The molecule has 1 aromatic heterocycles. The van der Waals surface area contributed by atoms with Gasteiger partial charge in [0.15, 0.2) is 6.61 Å². The molecular formula is C37H49Cl2N9O8. The summed E-state index contributed by atoms with van der Waals surface area (Å²) in [4.78, 5) is 89.2. The Morgan fingerprint density at radius 2 is 1.71 bits per heavy atom. The third kappa shape index (κ3) is 12.4. The van der Waals surface area contributed by atoms with Crippen LogP contribution in [0.1, 0.15) is 37.1 Å². The lowest BCUT2D eigenvalue weighted by Crippen LogP contribution is -2.60. The molecule has 4 heterocycles. The molecule has 1 fully saturated rings. The molecule has 3 aromatic rings. The maximum absolute atomic E-state index is 14.5. The predicted octanol–water partition coefficient (Wildman–Crippen LogP) is -0.942. The Kier molecular flexibility index (Phi) is 17.1. The molecule has 17 nitrogen and oxygen atoms in total. The Morgan fingerprint density at radius 3 is 2.38 bits per heavy atom. The maximum atomic E-state index is 14.5. The highest BCUT2D eigenvalue weighted by molar-refractivity contribution is 5.96. The van der Waals surface area contributed by atoms with Crippen molar-refractivity contribution in [1.29, 1.82) is 0 Å². The largest absolute Gasteiger partial charge is 0.484 e. The number of rotatable bonds is 7. The van der Waals surface area contributed by atoms with Gasteiger partial charge in [0.25, 0.3) is 5.91 Å². The third-order valence-electron chi connectivity index (χ3n) is 9.30. The molecule has 3 aliphatic rings. The van der Waals surface area contributed by atoms with Crippen LogP contribution in [0.15, 0.2) is 67.1 Å². The molecule has 6 rings (SSSR count). The molecule has 9 N–H and O–H groups in total. The van der Waals surface area contributed by atoms with E-state index in [1.807, 2.05) is 6.07 Å². The number of amides is 6. The summed E-state index contributed by atoms with van der Waals surface area (Å²) in [7, 11) is 0. The van der Waals surface area contributed by atoms with Crippen LogP contribution < -0.4 is 37.1 Å². The first-order valence-corrected chi connectivity index (χ1v) is 17.8. The normalized spacial score (nSPS) is 23.5. The molecular weight excluding hydrogens is 769 g/mol. The molecule has 19 heteroatoms. The Hall–Kier alpha value is -5.23. The Balaban J connectivity index is 0.00000420. The lowest BCUT2D eigenvalue weighted by Gasteiger charge is -2.30. The number of aromatic nitrogens is 2. The number of hydrogen-bond acceptors (Lipinski definition) is 10. The van der Waals surface area contributed by atoms with Crippen LogP contribution in [0.3, 0.4) is 0 Å². The van der Waals surface area contributed by atoms with Gasteiger partial charge in [0.05, 0.1) is 18.5 Å². The summed E-state index contributed by atoms with van der Waals surface area (Å²) in [5.41, 5.74) is 8.42. The molecule has 0 aliphatic carbocycles. The lowest BCUT2D eigenvalue weighted by molar-refractivity contribution is -0.143. The number of H-pyrrole nitrogens is 1. The zero-order chi connectivity index (χ0) is 38.8. The van der Waals surface area contributed by atoms with Gasteiger partial charge in [-0.3, -0.25) is 28.8 Å². The van der Waals surface area contributed by atoms with Crippen molar-refractivity contribution in [3.05, 3.63) is 83.9 Å². The van der Waals surface area contributed by atoms with Gasteiger partial charge in [0.1, 0.15) is 29.9 Å². The second kappa shape index (κ2) is 21.2. The molecule has 6 amide bonds. The van der Waals surface area contributed by atoms with Crippen molar-refractivity contribution in [1.82, 2.24) is 41.5 Å². The van der Waals surface area contributed by atoms with Gasteiger partial charge in [-0.2, -0.15) is 0 Å². The maximum Gasteiger partial charge on any atom is 0.258 e. The third-order valence-corrected chi connectivity index (χ3v) is 9.30. The molecule has 2 aromatic carbocycles. The van der Waals surface area contributed by atoms with Gasteiger partial charge in [-0.15, -0.1) is 24.8 Å².